The van der Waals surface area contributed by atoms with E-state index < -0.39 is 7.01 Å². The molecule has 0 radical (unpaired) electrons. The molecule has 1 aromatic carbocycles. The molecule has 0 atom stereocenters. The van der Waals surface area contributed by atoms with Crippen LogP contribution in [0, 0.1) is 0 Å². The lowest BCUT2D eigenvalue weighted by Gasteiger charge is -2.02. The van der Waals surface area contributed by atoms with Crippen LogP contribution in [0.2, 0.25) is 0 Å². The number of nitrogens with zero attached hydrogens (tertiary/aromatic N) is 2. The Morgan fingerprint density at radius 2 is 1.72 bits per heavy atom. The summed E-state index contributed by atoms with van der Waals surface area (Å²) in [6.07, 6.45) is 0. The van der Waals surface area contributed by atoms with Crippen molar-refractivity contribution < 1.29 is 13.2 Å². The van der Waals surface area contributed by atoms with Crippen molar-refractivity contribution in [1.29, 1.82) is 0 Å². The van der Waals surface area contributed by atoms with Crippen LogP contribution in [0.25, 0.3) is 11.3 Å². The summed E-state index contributed by atoms with van der Waals surface area (Å²) in [6.45, 7) is 0. The van der Waals surface area contributed by atoms with Gasteiger partial charge in [-0.15, -0.1) is 10.2 Å². The standard InChI is InChI=1S/C11H9IN2O3S/c1-17-9-4-2-8(3-5-9)10-6-7-11(14-13-10)18(12,15)16/h2-7H,1H3. The van der Waals surface area contributed by atoms with Gasteiger partial charge in [0.2, 0.25) is 7.01 Å². The number of hydrogen-bond acceptors (Lipinski definition) is 5. The Kier molecular flexibility index (Phi) is 3.81. The summed E-state index contributed by atoms with van der Waals surface area (Å²) in [5.41, 5.74) is 1.46. The largest absolute Gasteiger partial charge is 0.497 e. The molecule has 7 heteroatoms. The summed E-state index contributed by atoms with van der Waals surface area (Å²) < 4.78 is 27.5. The van der Waals surface area contributed by atoms with Crippen LogP contribution < -0.4 is 4.74 Å². The van der Waals surface area contributed by atoms with E-state index in [4.69, 9.17) is 4.74 Å². The average Bonchev–Trinajstić information content (AvgIpc) is 2.38. The lowest BCUT2D eigenvalue weighted by Crippen LogP contribution is -1.97. The fourth-order valence-corrected chi connectivity index (χ4v) is 2.44. The van der Waals surface area contributed by atoms with E-state index >= 15 is 0 Å². The van der Waals surface area contributed by atoms with Gasteiger partial charge in [0.05, 0.1) is 34.0 Å². The number of rotatable bonds is 3. The Balaban J connectivity index is 2.34. The second kappa shape index (κ2) is 5.19. The molecule has 0 aliphatic rings. The van der Waals surface area contributed by atoms with Gasteiger partial charge in [0.1, 0.15) is 5.75 Å². The maximum atomic E-state index is 11.2. The van der Waals surface area contributed by atoms with E-state index in [9.17, 15) is 8.42 Å². The number of benzene rings is 1. The summed E-state index contributed by atoms with van der Waals surface area (Å²) in [6, 6.07) is 10.3. The number of halogens is 1. The molecule has 2 rings (SSSR count). The molecular formula is C11H9IN2O3S. The third kappa shape index (κ3) is 2.96. The molecule has 0 saturated heterocycles. The molecule has 0 amide bonds. The normalized spacial score (nSPS) is 11.2. The minimum Gasteiger partial charge on any atom is -0.497 e. The van der Waals surface area contributed by atoms with Gasteiger partial charge in [-0.3, -0.25) is 0 Å². The van der Waals surface area contributed by atoms with Crippen molar-refractivity contribution in [2.75, 3.05) is 7.11 Å². The summed E-state index contributed by atoms with van der Waals surface area (Å²) in [5.74, 6) is 0.748. The second-order valence-corrected chi connectivity index (χ2v) is 8.20. The highest BCUT2D eigenvalue weighted by atomic mass is 127. The van der Waals surface area contributed by atoms with Gasteiger partial charge in [0, 0.05) is 5.56 Å². The topological polar surface area (TPSA) is 69.2 Å². The first-order valence-electron chi connectivity index (χ1n) is 4.93. The van der Waals surface area contributed by atoms with Crippen molar-refractivity contribution in [3.63, 3.8) is 0 Å². The molecule has 0 fully saturated rings. The van der Waals surface area contributed by atoms with Gasteiger partial charge in [0.15, 0.2) is 5.03 Å². The Bertz CT molecular complexity index is 639. The predicted octanol–water partition coefficient (Wildman–Crippen LogP) is 2.28. The van der Waals surface area contributed by atoms with Crippen LogP contribution in [0.1, 0.15) is 0 Å². The third-order valence-corrected chi connectivity index (χ3v) is 4.35. The van der Waals surface area contributed by atoms with Crippen LogP contribution in [-0.2, 0) is 7.01 Å². The first-order valence-corrected chi connectivity index (χ1v) is 8.96. The highest BCUT2D eigenvalue weighted by Gasteiger charge is 2.11. The lowest BCUT2D eigenvalue weighted by atomic mass is 10.1. The van der Waals surface area contributed by atoms with Crippen LogP contribution in [-0.4, -0.2) is 25.7 Å². The zero-order chi connectivity index (χ0) is 13.2. The Morgan fingerprint density at radius 1 is 1.06 bits per heavy atom. The summed E-state index contributed by atoms with van der Waals surface area (Å²) in [4.78, 5) is 0. The maximum absolute atomic E-state index is 11.2. The maximum Gasteiger partial charge on any atom is 0.250 e. The first-order chi connectivity index (χ1) is 8.50. The summed E-state index contributed by atoms with van der Waals surface area (Å²) in [5, 5.41) is 7.55. The highest BCUT2D eigenvalue weighted by molar-refractivity contribution is 14.2. The minimum atomic E-state index is -3.34. The Labute approximate surface area is 117 Å². The predicted molar refractivity (Wildman–Crippen MR) is 75.2 cm³/mol. The van der Waals surface area contributed by atoms with Crippen LogP contribution in [0.4, 0.5) is 0 Å². The zero-order valence-corrected chi connectivity index (χ0v) is 12.3. The van der Waals surface area contributed by atoms with Crippen molar-refractivity contribution in [2.24, 2.45) is 0 Å². The molecule has 94 valence electrons. The Morgan fingerprint density at radius 3 is 2.17 bits per heavy atom. The van der Waals surface area contributed by atoms with E-state index in [0.29, 0.717) is 5.69 Å². The van der Waals surface area contributed by atoms with Gasteiger partial charge in [0.25, 0.3) is 0 Å². The second-order valence-electron chi connectivity index (χ2n) is 3.42. The zero-order valence-electron chi connectivity index (χ0n) is 9.37. The molecule has 1 heterocycles. The van der Waals surface area contributed by atoms with E-state index in [1.807, 2.05) is 12.1 Å². The first kappa shape index (κ1) is 13.2. The number of hydrogen-bond donors (Lipinski definition) is 0. The molecule has 0 aliphatic carbocycles. The van der Waals surface area contributed by atoms with Gasteiger partial charge in [-0.2, -0.15) is 0 Å². The number of ether oxygens (including phenoxy) is 1. The highest BCUT2D eigenvalue weighted by Crippen LogP contribution is 2.21. The molecule has 5 nitrogen and oxygen atoms in total. The van der Waals surface area contributed by atoms with Crippen LogP contribution in [0.3, 0.4) is 0 Å². The van der Waals surface area contributed by atoms with Gasteiger partial charge in [-0.05, 0) is 36.4 Å². The molecule has 0 bridgehead atoms. The van der Waals surface area contributed by atoms with Crippen molar-refractivity contribution in [1.82, 2.24) is 10.2 Å². The quantitative estimate of drug-likeness (QED) is 0.607. The van der Waals surface area contributed by atoms with Gasteiger partial charge < -0.3 is 4.74 Å². The van der Waals surface area contributed by atoms with Crippen molar-refractivity contribution in [3.8, 4) is 17.0 Å². The SMILES string of the molecule is COc1ccc(-c2ccc(S(=O)(=O)I)nn2)cc1. The molecule has 1 aromatic heterocycles. The molecule has 0 N–H and O–H groups in total. The molecule has 0 aliphatic heterocycles. The van der Waals surface area contributed by atoms with E-state index in [-0.39, 0.29) is 5.03 Å². The summed E-state index contributed by atoms with van der Waals surface area (Å²) in [7, 11) is -1.74. The van der Waals surface area contributed by atoms with Crippen LogP contribution >= 0.6 is 21.2 Å². The number of methoxy groups -OCH3 is 1. The lowest BCUT2D eigenvalue weighted by molar-refractivity contribution is 0.415. The fourth-order valence-electron chi connectivity index (χ4n) is 1.37. The molecule has 0 unspecified atom stereocenters. The Hall–Kier alpha value is -1.22. The van der Waals surface area contributed by atoms with Crippen molar-refractivity contribution in [2.45, 2.75) is 5.03 Å². The number of aromatic nitrogens is 2. The van der Waals surface area contributed by atoms with Crippen molar-refractivity contribution >= 4 is 28.2 Å². The monoisotopic (exact) mass is 376 g/mol. The van der Waals surface area contributed by atoms with Crippen LogP contribution in [0.5, 0.6) is 5.75 Å². The van der Waals surface area contributed by atoms with Gasteiger partial charge in [-0.25, -0.2) is 8.42 Å². The fraction of sp³-hybridized carbons (Fsp3) is 0.0909. The molecule has 18 heavy (non-hydrogen) atoms. The molecular weight excluding hydrogens is 367 g/mol. The van der Waals surface area contributed by atoms with Crippen molar-refractivity contribution in [3.05, 3.63) is 36.4 Å². The van der Waals surface area contributed by atoms with E-state index in [0.717, 1.165) is 11.3 Å². The van der Waals surface area contributed by atoms with Gasteiger partial charge >= 0.3 is 0 Å². The molecule has 2 aromatic rings. The summed E-state index contributed by atoms with van der Waals surface area (Å²) >= 11 is 1.33. The van der Waals surface area contributed by atoms with E-state index in [1.54, 1.807) is 25.3 Å². The van der Waals surface area contributed by atoms with Gasteiger partial charge in [-0.1, -0.05) is 0 Å². The smallest absolute Gasteiger partial charge is 0.250 e. The van der Waals surface area contributed by atoms with E-state index in [1.165, 1.54) is 27.3 Å². The minimum absolute atomic E-state index is 0.0413. The molecule has 0 saturated carbocycles. The third-order valence-electron chi connectivity index (χ3n) is 2.28. The molecule has 0 spiro atoms. The van der Waals surface area contributed by atoms with Crippen LogP contribution in [0.15, 0.2) is 41.4 Å². The van der Waals surface area contributed by atoms with E-state index in [2.05, 4.69) is 10.2 Å². The average molecular weight is 376 g/mol.